The van der Waals surface area contributed by atoms with Crippen molar-refractivity contribution in [1.29, 1.82) is 0 Å². The van der Waals surface area contributed by atoms with Crippen molar-refractivity contribution in [1.82, 2.24) is 4.90 Å². The van der Waals surface area contributed by atoms with Gasteiger partial charge in [-0.3, -0.25) is 4.90 Å². The van der Waals surface area contributed by atoms with E-state index in [-0.39, 0.29) is 4.87 Å². The first-order chi connectivity index (χ1) is 13.7. The molecule has 0 aliphatic carbocycles. The molecule has 0 aliphatic rings. The number of fused-ring (bicyclic) bond motifs is 1. The molecule has 0 bridgehead atoms. The summed E-state index contributed by atoms with van der Waals surface area (Å²) in [6.07, 6.45) is 1.94. The number of hydrogen-bond acceptors (Lipinski definition) is 3. The highest BCUT2D eigenvalue weighted by Crippen LogP contribution is 2.42. The second-order valence-electron chi connectivity index (χ2n) is 7.29. The average molecular weight is 404 g/mol. The van der Waals surface area contributed by atoms with Crippen LogP contribution in [-0.2, 0) is 17.8 Å². The van der Waals surface area contributed by atoms with E-state index in [1.54, 1.807) is 0 Å². The van der Waals surface area contributed by atoms with Crippen molar-refractivity contribution in [3.63, 3.8) is 0 Å². The summed E-state index contributed by atoms with van der Waals surface area (Å²) < 4.78 is 1.34. The summed E-state index contributed by atoms with van der Waals surface area (Å²) in [4.78, 5) is 2.04. The minimum atomic E-state index is -0.351. The predicted molar refractivity (Wildman–Crippen MR) is 125 cm³/mol. The van der Waals surface area contributed by atoms with E-state index in [9.17, 15) is 0 Å². The Balaban J connectivity index is 1.70. The van der Waals surface area contributed by atoms with Gasteiger partial charge in [0.2, 0.25) is 0 Å². The Morgan fingerprint density at radius 3 is 2.21 bits per heavy atom. The van der Waals surface area contributed by atoms with Gasteiger partial charge in [0.25, 0.3) is 0 Å². The molecule has 0 spiro atoms. The number of thiophene rings is 1. The topological polar surface area (TPSA) is 3.24 Å². The summed E-state index contributed by atoms with van der Waals surface area (Å²) in [5.74, 6) is 0. The molecule has 0 amide bonds. The van der Waals surface area contributed by atoms with Crippen molar-refractivity contribution in [2.24, 2.45) is 0 Å². The first-order valence-electron chi connectivity index (χ1n) is 9.65. The standard InChI is InChI=1S/C25H25NS2/c1-26(19-21-11-6-3-7-12-21)25(27,17-15-20-9-4-2-5-10-20)23-14-8-13-22-16-18-28-24(22)23/h2-14,16,18,27H,15,17,19H2,1H3. The van der Waals surface area contributed by atoms with Crippen LogP contribution < -0.4 is 0 Å². The van der Waals surface area contributed by atoms with Gasteiger partial charge in [-0.25, -0.2) is 0 Å². The number of rotatable bonds is 7. The number of nitrogens with zero attached hydrogens (tertiary/aromatic N) is 1. The zero-order valence-electron chi connectivity index (χ0n) is 16.1. The van der Waals surface area contributed by atoms with Gasteiger partial charge < -0.3 is 0 Å². The molecule has 1 unspecified atom stereocenters. The Labute approximate surface area is 177 Å². The van der Waals surface area contributed by atoms with Crippen LogP contribution in [0.3, 0.4) is 0 Å². The highest BCUT2D eigenvalue weighted by Gasteiger charge is 2.34. The van der Waals surface area contributed by atoms with Gasteiger partial charge in [0.15, 0.2) is 0 Å². The second-order valence-corrected chi connectivity index (χ2v) is 8.94. The van der Waals surface area contributed by atoms with Crippen LogP contribution in [0.25, 0.3) is 10.1 Å². The summed E-state index contributed by atoms with van der Waals surface area (Å²) in [6, 6.07) is 30.2. The van der Waals surface area contributed by atoms with Gasteiger partial charge in [0, 0.05) is 16.8 Å². The normalized spacial score (nSPS) is 13.7. The van der Waals surface area contributed by atoms with Gasteiger partial charge in [0.05, 0.1) is 4.87 Å². The molecule has 0 fully saturated rings. The van der Waals surface area contributed by atoms with Crippen molar-refractivity contribution in [3.8, 4) is 0 Å². The fourth-order valence-electron chi connectivity index (χ4n) is 3.79. The smallest absolute Gasteiger partial charge is 0.0915 e. The SMILES string of the molecule is CN(Cc1ccccc1)C(S)(CCc1ccccc1)c1cccc2ccsc12. The second kappa shape index (κ2) is 8.52. The molecule has 4 aromatic rings. The molecule has 3 aromatic carbocycles. The predicted octanol–water partition coefficient (Wildman–Crippen LogP) is 6.75. The van der Waals surface area contributed by atoms with E-state index >= 15 is 0 Å². The summed E-state index contributed by atoms with van der Waals surface area (Å²) >= 11 is 7.16. The highest BCUT2D eigenvalue weighted by atomic mass is 32.1. The third-order valence-corrected chi connectivity index (χ3v) is 7.18. The van der Waals surface area contributed by atoms with Gasteiger partial charge >= 0.3 is 0 Å². The largest absolute Gasteiger partial charge is 0.284 e. The monoisotopic (exact) mass is 403 g/mol. The zero-order valence-corrected chi connectivity index (χ0v) is 17.8. The lowest BCUT2D eigenvalue weighted by molar-refractivity contribution is 0.194. The molecule has 0 saturated carbocycles. The minimum Gasteiger partial charge on any atom is -0.284 e. The molecule has 28 heavy (non-hydrogen) atoms. The van der Waals surface area contributed by atoms with Gasteiger partial charge in [-0.15, -0.1) is 11.3 Å². The molecule has 0 aliphatic heterocycles. The third kappa shape index (κ3) is 4.02. The van der Waals surface area contributed by atoms with E-state index in [1.165, 1.54) is 26.8 Å². The molecule has 0 N–H and O–H groups in total. The van der Waals surface area contributed by atoms with Crippen LogP contribution >= 0.6 is 24.0 Å². The summed E-state index contributed by atoms with van der Waals surface area (Å²) in [6.45, 7) is 0.862. The number of benzene rings is 3. The molecule has 1 aromatic heterocycles. The van der Waals surface area contributed by atoms with Gasteiger partial charge in [0.1, 0.15) is 0 Å². The lowest BCUT2D eigenvalue weighted by Crippen LogP contribution is -2.39. The van der Waals surface area contributed by atoms with Crippen LogP contribution in [0, 0.1) is 0 Å². The minimum absolute atomic E-state index is 0.351. The molecular formula is C25H25NS2. The Kier molecular flexibility index (Phi) is 5.86. The van der Waals surface area contributed by atoms with Gasteiger partial charge in [-0.05, 0) is 47.8 Å². The van der Waals surface area contributed by atoms with Crippen LogP contribution in [0.15, 0.2) is 90.3 Å². The van der Waals surface area contributed by atoms with Crippen LogP contribution in [0.5, 0.6) is 0 Å². The van der Waals surface area contributed by atoms with Crippen LogP contribution in [-0.4, -0.2) is 11.9 Å². The number of thiol groups is 1. The molecule has 1 heterocycles. The van der Waals surface area contributed by atoms with E-state index < -0.39 is 0 Å². The fourth-order valence-corrected chi connectivity index (χ4v) is 5.22. The summed E-state index contributed by atoms with van der Waals surface area (Å²) in [5.41, 5.74) is 3.96. The molecule has 1 atom stereocenters. The lowest BCUT2D eigenvalue weighted by atomic mass is 9.95. The molecule has 0 radical (unpaired) electrons. The van der Waals surface area contributed by atoms with E-state index in [1.807, 2.05) is 11.3 Å². The highest BCUT2D eigenvalue weighted by molar-refractivity contribution is 7.81. The lowest BCUT2D eigenvalue weighted by Gasteiger charge is -2.39. The van der Waals surface area contributed by atoms with Crippen molar-refractivity contribution in [2.45, 2.75) is 24.3 Å². The van der Waals surface area contributed by atoms with Crippen LogP contribution in [0.2, 0.25) is 0 Å². The fraction of sp³-hybridized carbons (Fsp3) is 0.200. The Bertz CT molecular complexity index is 1030. The van der Waals surface area contributed by atoms with Crippen molar-refractivity contribution in [3.05, 3.63) is 107 Å². The van der Waals surface area contributed by atoms with E-state index in [4.69, 9.17) is 12.6 Å². The van der Waals surface area contributed by atoms with Crippen molar-refractivity contribution in [2.75, 3.05) is 7.05 Å². The zero-order chi connectivity index (χ0) is 19.4. The molecule has 0 saturated heterocycles. The average Bonchev–Trinajstić information content (AvgIpc) is 3.22. The summed E-state index contributed by atoms with van der Waals surface area (Å²) in [7, 11) is 2.19. The molecule has 142 valence electrons. The molecule has 3 heteroatoms. The molecular weight excluding hydrogens is 378 g/mol. The quantitative estimate of drug-likeness (QED) is 0.264. The number of aryl methyl sites for hydroxylation is 1. The Morgan fingerprint density at radius 1 is 0.821 bits per heavy atom. The maximum absolute atomic E-state index is 5.35. The number of hydrogen-bond donors (Lipinski definition) is 1. The van der Waals surface area contributed by atoms with Crippen molar-refractivity contribution < 1.29 is 0 Å². The molecule has 1 nitrogen and oxygen atoms in total. The third-order valence-electron chi connectivity index (χ3n) is 5.41. The molecule has 4 rings (SSSR count). The maximum atomic E-state index is 5.35. The van der Waals surface area contributed by atoms with Crippen LogP contribution in [0.1, 0.15) is 23.1 Å². The van der Waals surface area contributed by atoms with Gasteiger partial charge in [-0.2, -0.15) is 12.6 Å². The van der Waals surface area contributed by atoms with Crippen molar-refractivity contribution >= 4 is 34.1 Å². The first-order valence-corrected chi connectivity index (χ1v) is 11.0. The maximum Gasteiger partial charge on any atom is 0.0915 e. The first kappa shape index (κ1) is 19.3. The van der Waals surface area contributed by atoms with E-state index in [0.29, 0.717) is 0 Å². The summed E-state index contributed by atoms with van der Waals surface area (Å²) in [5, 5.41) is 3.48. The Hall–Kier alpha value is -2.07. The Morgan fingerprint density at radius 2 is 1.50 bits per heavy atom. The van der Waals surface area contributed by atoms with E-state index in [0.717, 1.165) is 19.4 Å². The van der Waals surface area contributed by atoms with Crippen LogP contribution in [0.4, 0.5) is 0 Å². The van der Waals surface area contributed by atoms with Gasteiger partial charge in [-0.1, -0.05) is 78.9 Å². The van der Waals surface area contributed by atoms with E-state index in [2.05, 4.69) is 102 Å².